The lowest BCUT2D eigenvalue weighted by Gasteiger charge is -2.28. The fraction of sp³-hybridized carbons (Fsp3) is 0.0625. The number of allylic oxidation sites excluding steroid dienone is 3. The van der Waals surface area contributed by atoms with Crippen molar-refractivity contribution < 1.29 is 0 Å². The van der Waals surface area contributed by atoms with Crippen molar-refractivity contribution in [3.63, 3.8) is 0 Å². The fourth-order valence-corrected chi connectivity index (χ4v) is 4.45. The Labute approximate surface area is 195 Å². The molecule has 33 heavy (non-hydrogen) atoms. The molecule has 0 bridgehead atoms. The van der Waals surface area contributed by atoms with Crippen LogP contribution >= 0.6 is 0 Å². The van der Waals surface area contributed by atoms with Gasteiger partial charge in [0.1, 0.15) is 0 Å². The molecular formula is C32H27N. The van der Waals surface area contributed by atoms with Crippen molar-refractivity contribution in [1.29, 1.82) is 0 Å². The molecule has 0 spiro atoms. The Kier molecular flexibility index (Phi) is 5.78. The Balaban J connectivity index is 1.81. The molecule has 0 aliphatic heterocycles. The molecule has 5 aromatic rings. The Hall–Kier alpha value is -4.10. The van der Waals surface area contributed by atoms with Gasteiger partial charge in [-0.05, 0) is 71.7 Å². The number of fused-ring (bicyclic) bond motifs is 2. The third-order valence-corrected chi connectivity index (χ3v) is 6.09. The third kappa shape index (κ3) is 4.06. The van der Waals surface area contributed by atoms with Crippen LogP contribution in [-0.4, -0.2) is 0 Å². The monoisotopic (exact) mass is 425 g/mol. The number of hydrogen-bond acceptors (Lipinski definition) is 1. The molecule has 0 amide bonds. The predicted octanol–water partition coefficient (Wildman–Crippen LogP) is 9.44. The lowest BCUT2D eigenvalue weighted by Crippen LogP contribution is -2.11. The summed E-state index contributed by atoms with van der Waals surface area (Å²) in [5.74, 6) is 0. The minimum atomic E-state index is 0.864. The SMILES string of the molecule is C=C(C/C=C\C)c1ccc2c(N(c3ccccc3)c3ccccc3)c3ccccc3cc2c1. The van der Waals surface area contributed by atoms with E-state index in [0.29, 0.717) is 0 Å². The van der Waals surface area contributed by atoms with Crippen molar-refractivity contribution in [3.05, 3.63) is 133 Å². The van der Waals surface area contributed by atoms with Gasteiger partial charge in [-0.3, -0.25) is 0 Å². The number of para-hydroxylation sites is 2. The zero-order chi connectivity index (χ0) is 22.6. The highest BCUT2D eigenvalue weighted by molar-refractivity contribution is 6.14. The fourth-order valence-electron chi connectivity index (χ4n) is 4.45. The van der Waals surface area contributed by atoms with Gasteiger partial charge < -0.3 is 4.90 Å². The highest BCUT2D eigenvalue weighted by Crippen LogP contribution is 2.44. The molecule has 1 nitrogen and oxygen atoms in total. The van der Waals surface area contributed by atoms with Crippen molar-refractivity contribution in [2.45, 2.75) is 13.3 Å². The molecular weight excluding hydrogens is 398 g/mol. The topological polar surface area (TPSA) is 3.24 Å². The van der Waals surface area contributed by atoms with Crippen LogP contribution in [-0.2, 0) is 0 Å². The van der Waals surface area contributed by atoms with Crippen LogP contribution in [0.2, 0.25) is 0 Å². The second kappa shape index (κ2) is 9.18. The maximum atomic E-state index is 4.32. The smallest absolute Gasteiger partial charge is 0.0618 e. The first-order valence-electron chi connectivity index (χ1n) is 11.4. The van der Waals surface area contributed by atoms with Crippen LogP contribution in [0.4, 0.5) is 17.1 Å². The normalized spacial score (nSPS) is 11.3. The summed E-state index contributed by atoms with van der Waals surface area (Å²) in [5.41, 5.74) is 5.80. The molecule has 160 valence electrons. The third-order valence-electron chi connectivity index (χ3n) is 6.09. The van der Waals surface area contributed by atoms with Gasteiger partial charge in [0.2, 0.25) is 0 Å². The molecule has 0 heterocycles. The van der Waals surface area contributed by atoms with Crippen LogP contribution in [0.25, 0.3) is 27.1 Å². The van der Waals surface area contributed by atoms with Gasteiger partial charge in [0.15, 0.2) is 0 Å². The van der Waals surface area contributed by atoms with Crippen LogP contribution in [0.1, 0.15) is 18.9 Å². The maximum Gasteiger partial charge on any atom is 0.0618 e. The van der Waals surface area contributed by atoms with E-state index in [4.69, 9.17) is 0 Å². The summed E-state index contributed by atoms with van der Waals surface area (Å²) in [6.07, 6.45) is 5.10. The van der Waals surface area contributed by atoms with Gasteiger partial charge >= 0.3 is 0 Å². The average Bonchev–Trinajstić information content (AvgIpc) is 2.88. The van der Waals surface area contributed by atoms with Crippen LogP contribution < -0.4 is 4.90 Å². The zero-order valence-corrected chi connectivity index (χ0v) is 18.9. The van der Waals surface area contributed by atoms with Crippen LogP contribution in [0.5, 0.6) is 0 Å². The van der Waals surface area contributed by atoms with Crippen LogP contribution in [0, 0.1) is 0 Å². The number of anilines is 3. The molecule has 1 heteroatoms. The largest absolute Gasteiger partial charge is 0.309 e. The minimum absolute atomic E-state index is 0.864. The summed E-state index contributed by atoms with van der Waals surface area (Å²) < 4.78 is 0. The van der Waals surface area contributed by atoms with E-state index in [1.165, 1.54) is 32.8 Å². The maximum absolute atomic E-state index is 4.32. The summed E-state index contributed by atoms with van der Waals surface area (Å²) in [5, 5.41) is 4.91. The van der Waals surface area contributed by atoms with E-state index in [9.17, 15) is 0 Å². The van der Waals surface area contributed by atoms with Gasteiger partial charge in [0, 0.05) is 22.1 Å². The highest BCUT2D eigenvalue weighted by Gasteiger charge is 2.18. The van der Waals surface area contributed by atoms with Crippen LogP contribution in [0.3, 0.4) is 0 Å². The number of rotatable bonds is 6. The molecule has 0 fully saturated rings. The van der Waals surface area contributed by atoms with Gasteiger partial charge in [-0.1, -0.05) is 91.5 Å². The Morgan fingerprint density at radius 3 is 1.97 bits per heavy atom. The van der Waals surface area contributed by atoms with Crippen LogP contribution in [0.15, 0.2) is 128 Å². The first-order chi connectivity index (χ1) is 16.3. The van der Waals surface area contributed by atoms with E-state index in [1.54, 1.807) is 0 Å². The van der Waals surface area contributed by atoms with E-state index in [1.807, 2.05) is 6.92 Å². The van der Waals surface area contributed by atoms with E-state index >= 15 is 0 Å². The van der Waals surface area contributed by atoms with Gasteiger partial charge in [-0.15, -0.1) is 0 Å². The van der Waals surface area contributed by atoms with E-state index < -0.39 is 0 Å². The first kappa shape index (κ1) is 20.8. The second-order valence-corrected chi connectivity index (χ2v) is 8.27. The van der Waals surface area contributed by atoms with Crippen molar-refractivity contribution >= 4 is 44.2 Å². The summed E-state index contributed by atoms with van der Waals surface area (Å²) in [6.45, 7) is 6.37. The molecule has 0 aliphatic carbocycles. The quantitative estimate of drug-likeness (QED) is 0.193. The molecule has 5 rings (SSSR count). The average molecular weight is 426 g/mol. The van der Waals surface area contributed by atoms with Gasteiger partial charge in [0.25, 0.3) is 0 Å². The minimum Gasteiger partial charge on any atom is -0.309 e. The van der Waals surface area contributed by atoms with Gasteiger partial charge in [0.05, 0.1) is 5.69 Å². The molecule has 0 saturated carbocycles. The van der Waals surface area contributed by atoms with Crippen molar-refractivity contribution in [2.75, 3.05) is 4.90 Å². The second-order valence-electron chi connectivity index (χ2n) is 8.27. The molecule has 0 N–H and O–H groups in total. The van der Waals surface area contributed by atoms with Crippen molar-refractivity contribution in [2.24, 2.45) is 0 Å². The first-order valence-corrected chi connectivity index (χ1v) is 11.4. The summed E-state index contributed by atoms with van der Waals surface area (Å²) in [6, 6.07) is 38.9. The van der Waals surface area contributed by atoms with Crippen molar-refractivity contribution in [3.8, 4) is 0 Å². The van der Waals surface area contributed by atoms with Crippen molar-refractivity contribution in [1.82, 2.24) is 0 Å². The van der Waals surface area contributed by atoms with E-state index in [-0.39, 0.29) is 0 Å². The molecule has 0 saturated heterocycles. The van der Waals surface area contributed by atoms with Gasteiger partial charge in [-0.25, -0.2) is 0 Å². The lowest BCUT2D eigenvalue weighted by atomic mass is 9.95. The lowest BCUT2D eigenvalue weighted by molar-refractivity contribution is 1.31. The molecule has 0 radical (unpaired) electrons. The summed E-state index contributed by atoms with van der Waals surface area (Å²) in [4.78, 5) is 2.37. The molecule has 5 aromatic carbocycles. The Morgan fingerprint density at radius 2 is 1.30 bits per heavy atom. The number of benzene rings is 5. The summed E-state index contributed by atoms with van der Waals surface area (Å²) in [7, 11) is 0. The highest BCUT2D eigenvalue weighted by atomic mass is 15.1. The Morgan fingerprint density at radius 1 is 0.697 bits per heavy atom. The van der Waals surface area contributed by atoms with E-state index in [2.05, 4.69) is 133 Å². The molecule has 0 aromatic heterocycles. The number of hydrogen-bond donors (Lipinski definition) is 0. The zero-order valence-electron chi connectivity index (χ0n) is 18.9. The summed E-state index contributed by atoms with van der Waals surface area (Å²) >= 11 is 0. The van der Waals surface area contributed by atoms with Gasteiger partial charge in [-0.2, -0.15) is 0 Å². The number of nitrogens with zero attached hydrogens (tertiary/aromatic N) is 1. The molecule has 0 atom stereocenters. The molecule has 0 unspecified atom stereocenters. The Bertz CT molecular complexity index is 1410. The molecule has 0 aliphatic rings. The van der Waals surface area contributed by atoms with E-state index in [0.717, 1.165) is 23.4 Å². The standard InChI is InChI=1S/C32H27N/c1-3-4-13-24(2)25-20-21-31-27(22-25)23-26-14-11-12-19-30(26)32(31)33(28-15-7-5-8-16-28)29-17-9-6-10-18-29/h3-12,14-23H,2,13H2,1H3/b4-3-. The predicted molar refractivity (Wildman–Crippen MR) is 145 cm³/mol.